The van der Waals surface area contributed by atoms with E-state index in [0.717, 1.165) is 38.3 Å². The van der Waals surface area contributed by atoms with Crippen molar-refractivity contribution < 1.29 is 0 Å². The molecule has 3 nitrogen and oxygen atoms in total. The Bertz CT molecular complexity index is 737. The minimum Gasteiger partial charge on any atom is -0.369 e. The topological polar surface area (TPSA) is 30.3 Å². The van der Waals surface area contributed by atoms with Crippen molar-refractivity contribution in [3.63, 3.8) is 0 Å². The standard InChI is InChI=1S/C21H25N3/c1-17-6-5-9-21(18(17)2)24-14-12-23(13-15-24)16-20-8-4-3-7-19(20)10-11-22/h3-9H,10,12-16H2,1-2H3. The molecule has 3 heteroatoms. The summed E-state index contributed by atoms with van der Waals surface area (Å²) in [6.07, 6.45) is 0.499. The van der Waals surface area contributed by atoms with Crippen LogP contribution >= 0.6 is 0 Å². The Morgan fingerprint density at radius 1 is 0.917 bits per heavy atom. The summed E-state index contributed by atoms with van der Waals surface area (Å²) in [5.41, 5.74) is 6.58. The number of hydrogen-bond donors (Lipinski definition) is 0. The van der Waals surface area contributed by atoms with Gasteiger partial charge >= 0.3 is 0 Å². The number of nitrogens with zero attached hydrogens (tertiary/aromatic N) is 3. The van der Waals surface area contributed by atoms with Gasteiger partial charge in [0.2, 0.25) is 0 Å². The normalized spacial score (nSPS) is 15.3. The summed E-state index contributed by atoms with van der Waals surface area (Å²) >= 11 is 0. The Hall–Kier alpha value is -2.31. The summed E-state index contributed by atoms with van der Waals surface area (Å²) < 4.78 is 0. The highest BCUT2D eigenvalue weighted by atomic mass is 15.3. The van der Waals surface area contributed by atoms with Gasteiger partial charge in [-0.05, 0) is 42.2 Å². The molecule has 1 heterocycles. The first kappa shape index (κ1) is 16.5. The number of piperazine rings is 1. The molecule has 1 saturated heterocycles. The highest BCUT2D eigenvalue weighted by molar-refractivity contribution is 5.56. The second-order valence-electron chi connectivity index (χ2n) is 6.59. The number of hydrogen-bond acceptors (Lipinski definition) is 3. The molecular weight excluding hydrogens is 294 g/mol. The highest BCUT2D eigenvalue weighted by Gasteiger charge is 2.19. The fourth-order valence-electron chi connectivity index (χ4n) is 3.44. The van der Waals surface area contributed by atoms with Gasteiger partial charge in [-0.25, -0.2) is 0 Å². The van der Waals surface area contributed by atoms with Crippen molar-refractivity contribution in [1.29, 1.82) is 5.26 Å². The third-order valence-electron chi connectivity index (χ3n) is 5.07. The molecule has 1 aliphatic heterocycles. The molecule has 0 aliphatic carbocycles. The summed E-state index contributed by atoms with van der Waals surface area (Å²) in [4.78, 5) is 5.00. The monoisotopic (exact) mass is 319 g/mol. The third kappa shape index (κ3) is 3.60. The number of rotatable bonds is 4. The number of aryl methyl sites for hydroxylation is 1. The molecule has 0 atom stereocenters. The first-order valence-electron chi connectivity index (χ1n) is 8.66. The van der Waals surface area contributed by atoms with Gasteiger partial charge < -0.3 is 4.90 Å². The lowest BCUT2D eigenvalue weighted by molar-refractivity contribution is 0.249. The Labute approximate surface area is 145 Å². The summed E-state index contributed by atoms with van der Waals surface area (Å²) in [6.45, 7) is 9.59. The van der Waals surface area contributed by atoms with Crippen LogP contribution in [-0.4, -0.2) is 31.1 Å². The summed E-state index contributed by atoms with van der Waals surface area (Å²) in [6, 6.07) is 17.2. The summed E-state index contributed by atoms with van der Waals surface area (Å²) in [5, 5.41) is 8.99. The van der Waals surface area contributed by atoms with Gasteiger partial charge in [-0.15, -0.1) is 0 Å². The van der Waals surface area contributed by atoms with Crippen LogP contribution in [0.5, 0.6) is 0 Å². The first-order chi connectivity index (χ1) is 11.7. The molecule has 0 unspecified atom stereocenters. The van der Waals surface area contributed by atoms with E-state index >= 15 is 0 Å². The Morgan fingerprint density at radius 3 is 2.33 bits per heavy atom. The van der Waals surface area contributed by atoms with Gasteiger partial charge in [-0.2, -0.15) is 5.26 Å². The van der Waals surface area contributed by atoms with Crippen LogP contribution in [0.1, 0.15) is 22.3 Å². The van der Waals surface area contributed by atoms with Crippen molar-refractivity contribution in [2.45, 2.75) is 26.8 Å². The smallest absolute Gasteiger partial charge is 0.0669 e. The minimum absolute atomic E-state index is 0.499. The molecule has 0 saturated carbocycles. The van der Waals surface area contributed by atoms with Crippen LogP contribution in [0.4, 0.5) is 5.69 Å². The molecular formula is C21H25N3. The maximum atomic E-state index is 8.99. The van der Waals surface area contributed by atoms with Gasteiger partial charge in [0.25, 0.3) is 0 Å². The van der Waals surface area contributed by atoms with Crippen molar-refractivity contribution in [1.82, 2.24) is 4.90 Å². The third-order valence-corrected chi connectivity index (χ3v) is 5.07. The zero-order valence-electron chi connectivity index (χ0n) is 14.6. The lowest BCUT2D eigenvalue weighted by atomic mass is 10.0. The number of benzene rings is 2. The Morgan fingerprint density at radius 2 is 1.62 bits per heavy atom. The summed E-state index contributed by atoms with van der Waals surface area (Å²) in [7, 11) is 0. The number of anilines is 1. The van der Waals surface area contributed by atoms with Crippen LogP contribution in [-0.2, 0) is 13.0 Å². The predicted octanol–water partition coefficient (Wildman–Crippen LogP) is 3.69. The maximum absolute atomic E-state index is 8.99. The van der Waals surface area contributed by atoms with Crippen LogP contribution in [0.25, 0.3) is 0 Å². The average molecular weight is 319 g/mol. The van der Waals surface area contributed by atoms with E-state index in [4.69, 9.17) is 5.26 Å². The van der Waals surface area contributed by atoms with Crippen LogP contribution in [0, 0.1) is 25.2 Å². The van der Waals surface area contributed by atoms with E-state index in [1.165, 1.54) is 22.4 Å². The van der Waals surface area contributed by atoms with Crippen molar-refractivity contribution in [2.24, 2.45) is 0 Å². The molecule has 1 aliphatic rings. The van der Waals surface area contributed by atoms with Gasteiger partial charge in [-0.1, -0.05) is 36.4 Å². The second-order valence-corrected chi connectivity index (χ2v) is 6.59. The second kappa shape index (κ2) is 7.51. The molecule has 0 N–H and O–H groups in total. The Balaban J connectivity index is 1.64. The van der Waals surface area contributed by atoms with Crippen molar-refractivity contribution >= 4 is 5.69 Å². The van der Waals surface area contributed by atoms with E-state index in [1.54, 1.807) is 0 Å². The van der Waals surface area contributed by atoms with E-state index in [-0.39, 0.29) is 0 Å². The molecule has 2 aromatic carbocycles. The molecule has 124 valence electrons. The van der Waals surface area contributed by atoms with Crippen LogP contribution in [0.2, 0.25) is 0 Å². The van der Waals surface area contributed by atoms with E-state index in [0.29, 0.717) is 6.42 Å². The molecule has 0 radical (unpaired) electrons. The van der Waals surface area contributed by atoms with Gasteiger partial charge in [0, 0.05) is 38.4 Å². The lowest BCUT2D eigenvalue weighted by Gasteiger charge is -2.37. The van der Waals surface area contributed by atoms with Gasteiger partial charge in [-0.3, -0.25) is 4.90 Å². The zero-order chi connectivity index (χ0) is 16.9. The molecule has 1 fully saturated rings. The van der Waals surface area contributed by atoms with E-state index < -0.39 is 0 Å². The van der Waals surface area contributed by atoms with Gasteiger partial charge in [0.15, 0.2) is 0 Å². The fourth-order valence-corrected chi connectivity index (χ4v) is 3.44. The summed E-state index contributed by atoms with van der Waals surface area (Å²) in [5.74, 6) is 0. The molecule has 0 aromatic heterocycles. The van der Waals surface area contributed by atoms with Gasteiger partial charge in [0.1, 0.15) is 0 Å². The highest BCUT2D eigenvalue weighted by Crippen LogP contribution is 2.24. The van der Waals surface area contributed by atoms with E-state index in [9.17, 15) is 0 Å². The first-order valence-corrected chi connectivity index (χ1v) is 8.66. The van der Waals surface area contributed by atoms with Crippen LogP contribution in [0.15, 0.2) is 42.5 Å². The van der Waals surface area contributed by atoms with Crippen LogP contribution in [0.3, 0.4) is 0 Å². The van der Waals surface area contributed by atoms with E-state index in [1.807, 2.05) is 6.07 Å². The fraction of sp³-hybridized carbons (Fsp3) is 0.381. The molecule has 0 amide bonds. The Kier molecular flexibility index (Phi) is 5.17. The molecule has 0 bridgehead atoms. The van der Waals surface area contributed by atoms with Crippen molar-refractivity contribution in [3.05, 3.63) is 64.7 Å². The lowest BCUT2D eigenvalue weighted by Crippen LogP contribution is -2.46. The minimum atomic E-state index is 0.499. The molecule has 3 rings (SSSR count). The van der Waals surface area contributed by atoms with Gasteiger partial charge in [0.05, 0.1) is 12.5 Å². The van der Waals surface area contributed by atoms with Crippen molar-refractivity contribution in [3.8, 4) is 6.07 Å². The average Bonchev–Trinajstić information content (AvgIpc) is 2.60. The maximum Gasteiger partial charge on any atom is 0.0669 e. The van der Waals surface area contributed by atoms with Crippen LogP contribution < -0.4 is 4.90 Å². The predicted molar refractivity (Wildman–Crippen MR) is 99.2 cm³/mol. The molecule has 2 aromatic rings. The zero-order valence-corrected chi connectivity index (χ0v) is 14.6. The van der Waals surface area contributed by atoms with E-state index in [2.05, 4.69) is 66.1 Å². The quantitative estimate of drug-likeness (QED) is 0.861. The molecule has 0 spiro atoms. The number of nitriles is 1. The SMILES string of the molecule is Cc1cccc(N2CCN(Cc3ccccc3CC#N)CC2)c1C. The molecule has 24 heavy (non-hydrogen) atoms. The van der Waals surface area contributed by atoms with Crippen molar-refractivity contribution in [2.75, 3.05) is 31.1 Å². The largest absolute Gasteiger partial charge is 0.369 e.